The average molecular weight is 343 g/mol. The summed E-state index contributed by atoms with van der Waals surface area (Å²) in [7, 11) is 0. The Morgan fingerprint density at radius 1 is 1.24 bits per heavy atom. The summed E-state index contributed by atoms with van der Waals surface area (Å²) in [5.74, 6) is -0.348. The molecule has 0 atom stereocenters. The Balaban J connectivity index is 2.25. The molecular formula is C20H29N3O2. The van der Waals surface area contributed by atoms with Gasteiger partial charge in [0.25, 0.3) is 5.91 Å². The number of unbranched alkanes of at least 4 members (excludes halogenated alkanes) is 1. The number of carbonyl (C=O) groups excluding carboxylic acids is 1. The second-order valence-electron chi connectivity index (χ2n) is 5.88. The molecule has 1 amide bonds. The number of benzene rings is 1. The fraction of sp³-hybridized carbons (Fsp3) is 0.500. The predicted molar refractivity (Wildman–Crippen MR) is 99.9 cm³/mol. The molecule has 5 heteroatoms. The topological polar surface area (TPSA) is 74.1 Å². The molecule has 0 aliphatic rings. The van der Waals surface area contributed by atoms with Crippen LogP contribution in [-0.4, -0.2) is 32.2 Å². The quantitative estimate of drug-likeness (QED) is 0.348. The van der Waals surface area contributed by atoms with Crippen molar-refractivity contribution in [2.24, 2.45) is 0 Å². The first-order valence-electron chi connectivity index (χ1n) is 8.93. The second-order valence-corrected chi connectivity index (χ2v) is 5.88. The lowest BCUT2D eigenvalue weighted by Crippen LogP contribution is -2.27. The number of nitriles is 1. The molecule has 5 nitrogen and oxygen atoms in total. The van der Waals surface area contributed by atoms with Gasteiger partial charge in [-0.2, -0.15) is 5.26 Å². The van der Waals surface area contributed by atoms with Crippen molar-refractivity contribution in [2.45, 2.75) is 39.5 Å². The zero-order valence-corrected chi connectivity index (χ0v) is 15.3. The van der Waals surface area contributed by atoms with E-state index in [1.807, 2.05) is 18.2 Å². The number of nitrogens with zero attached hydrogens (tertiary/aromatic N) is 1. The van der Waals surface area contributed by atoms with Gasteiger partial charge in [0.2, 0.25) is 0 Å². The summed E-state index contributed by atoms with van der Waals surface area (Å²) in [4.78, 5) is 11.9. The molecule has 0 saturated carbocycles. The monoisotopic (exact) mass is 343 g/mol. The summed E-state index contributed by atoms with van der Waals surface area (Å²) < 4.78 is 5.43. The third-order valence-electron chi connectivity index (χ3n) is 3.80. The molecule has 0 aliphatic carbocycles. The van der Waals surface area contributed by atoms with Crippen LogP contribution < -0.4 is 10.6 Å². The van der Waals surface area contributed by atoms with Crippen LogP contribution in [0.5, 0.6) is 0 Å². The third-order valence-corrected chi connectivity index (χ3v) is 3.80. The molecule has 1 aromatic carbocycles. The van der Waals surface area contributed by atoms with Gasteiger partial charge < -0.3 is 15.4 Å². The minimum absolute atomic E-state index is 0.0942. The van der Waals surface area contributed by atoms with Crippen molar-refractivity contribution >= 4 is 5.91 Å². The summed E-state index contributed by atoms with van der Waals surface area (Å²) in [6.45, 7) is 6.76. The van der Waals surface area contributed by atoms with Crippen molar-refractivity contribution in [3.63, 3.8) is 0 Å². The van der Waals surface area contributed by atoms with Gasteiger partial charge in [0.05, 0.1) is 0 Å². The molecule has 0 saturated heterocycles. The zero-order chi connectivity index (χ0) is 18.3. The van der Waals surface area contributed by atoms with Crippen LogP contribution in [0, 0.1) is 18.3 Å². The Kier molecular flexibility index (Phi) is 10.8. The SMILES string of the molecule is CCCCOCCCNC(=O)/C(C#N)=C\NCCc1ccccc1C. The number of aryl methyl sites for hydroxylation is 1. The van der Waals surface area contributed by atoms with E-state index in [-0.39, 0.29) is 11.5 Å². The molecule has 25 heavy (non-hydrogen) atoms. The van der Waals surface area contributed by atoms with Gasteiger partial charge in [0, 0.05) is 32.5 Å². The van der Waals surface area contributed by atoms with Gasteiger partial charge in [-0.15, -0.1) is 0 Å². The molecule has 0 heterocycles. The van der Waals surface area contributed by atoms with E-state index in [1.54, 1.807) is 0 Å². The van der Waals surface area contributed by atoms with E-state index in [1.165, 1.54) is 17.3 Å². The lowest BCUT2D eigenvalue weighted by molar-refractivity contribution is -0.117. The molecule has 1 rings (SSSR count). The highest BCUT2D eigenvalue weighted by Crippen LogP contribution is 2.06. The molecule has 0 aromatic heterocycles. The number of amides is 1. The Morgan fingerprint density at radius 3 is 2.72 bits per heavy atom. The Bertz CT molecular complexity index is 591. The van der Waals surface area contributed by atoms with Crippen LogP contribution in [-0.2, 0) is 16.0 Å². The highest BCUT2D eigenvalue weighted by molar-refractivity contribution is 5.97. The van der Waals surface area contributed by atoms with E-state index in [9.17, 15) is 4.79 Å². The van der Waals surface area contributed by atoms with Crippen LogP contribution in [0.3, 0.4) is 0 Å². The lowest BCUT2D eigenvalue weighted by Gasteiger charge is -2.07. The van der Waals surface area contributed by atoms with Crippen LogP contribution in [0.1, 0.15) is 37.3 Å². The van der Waals surface area contributed by atoms with Gasteiger partial charge in [0.1, 0.15) is 11.6 Å². The summed E-state index contributed by atoms with van der Waals surface area (Å²) in [6, 6.07) is 10.1. The van der Waals surface area contributed by atoms with E-state index < -0.39 is 0 Å². The smallest absolute Gasteiger partial charge is 0.263 e. The molecule has 136 valence electrons. The van der Waals surface area contributed by atoms with Crippen molar-refractivity contribution in [1.29, 1.82) is 5.26 Å². The Morgan fingerprint density at radius 2 is 2.00 bits per heavy atom. The van der Waals surface area contributed by atoms with Gasteiger partial charge in [-0.05, 0) is 37.3 Å². The van der Waals surface area contributed by atoms with Gasteiger partial charge in [0.15, 0.2) is 0 Å². The van der Waals surface area contributed by atoms with Gasteiger partial charge in [-0.1, -0.05) is 37.6 Å². The number of hydrogen-bond acceptors (Lipinski definition) is 4. The molecule has 0 spiro atoms. The van der Waals surface area contributed by atoms with Crippen LogP contribution in [0.2, 0.25) is 0 Å². The van der Waals surface area contributed by atoms with Crippen molar-refractivity contribution in [2.75, 3.05) is 26.3 Å². The maximum atomic E-state index is 11.9. The number of nitrogens with one attached hydrogen (secondary N) is 2. The molecule has 0 fully saturated rings. The Labute approximate surface area is 151 Å². The van der Waals surface area contributed by atoms with Gasteiger partial charge in [-0.3, -0.25) is 4.79 Å². The summed E-state index contributed by atoms with van der Waals surface area (Å²) in [5.41, 5.74) is 2.60. The highest BCUT2D eigenvalue weighted by Gasteiger charge is 2.07. The van der Waals surface area contributed by atoms with Crippen molar-refractivity contribution < 1.29 is 9.53 Å². The first kappa shape index (κ1) is 20.7. The first-order valence-corrected chi connectivity index (χ1v) is 8.93. The normalized spacial score (nSPS) is 11.0. The fourth-order valence-corrected chi connectivity index (χ4v) is 2.24. The van der Waals surface area contributed by atoms with Crippen LogP contribution in [0.4, 0.5) is 0 Å². The number of carbonyl (C=O) groups is 1. The lowest BCUT2D eigenvalue weighted by atomic mass is 10.1. The first-order chi connectivity index (χ1) is 12.2. The largest absolute Gasteiger partial charge is 0.389 e. The minimum Gasteiger partial charge on any atom is -0.389 e. The molecule has 0 radical (unpaired) electrons. The number of ether oxygens (including phenoxy) is 1. The molecule has 0 aliphatic heterocycles. The summed E-state index contributed by atoms with van der Waals surface area (Å²) in [6.07, 6.45) is 5.25. The third kappa shape index (κ3) is 8.92. The van der Waals surface area contributed by atoms with E-state index in [4.69, 9.17) is 10.00 Å². The van der Waals surface area contributed by atoms with E-state index >= 15 is 0 Å². The number of rotatable bonds is 12. The molecule has 2 N–H and O–H groups in total. The van der Waals surface area contributed by atoms with Crippen molar-refractivity contribution in [3.05, 3.63) is 47.2 Å². The summed E-state index contributed by atoms with van der Waals surface area (Å²) in [5, 5.41) is 14.9. The van der Waals surface area contributed by atoms with Crippen LogP contribution >= 0.6 is 0 Å². The average Bonchev–Trinajstić information content (AvgIpc) is 2.62. The molecule has 0 bridgehead atoms. The predicted octanol–water partition coefficient (Wildman–Crippen LogP) is 2.86. The van der Waals surface area contributed by atoms with E-state index in [0.29, 0.717) is 19.7 Å². The van der Waals surface area contributed by atoms with Gasteiger partial charge >= 0.3 is 0 Å². The standard InChI is InChI=1S/C20H29N3O2/c1-3-4-13-25-14-7-11-23-20(24)19(15-21)16-22-12-10-18-9-6-5-8-17(18)2/h5-6,8-9,16,22H,3-4,7,10-14H2,1-2H3,(H,23,24)/b19-16-. The molecular weight excluding hydrogens is 314 g/mol. The molecule has 1 aromatic rings. The maximum Gasteiger partial charge on any atom is 0.263 e. The van der Waals surface area contributed by atoms with Gasteiger partial charge in [-0.25, -0.2) is 0 Å². The maximum absolute atomic E-state index is 11.9. The minimum atomic E-state index is -0.348. The van der Waals surface area contributed by atoms with Crippen LogP contribution in [0.15, 0.2) is 36.0 Å². The van der Waals surface area contributed by atoms with E-state index in [0.717, 1.165) is 32.3 Å². The van der Waals surface area contributed by atoms with E-state index in [2.05, 4.69) is 36.6 Å². The summed E-state index contributed by atoms with van der Waals surface area (Å²) >= 11 is 0. The van der Waals surface area contributed by atoms with Crippen molar-refractivity contribution in [1.82, 2.24) is 10.6 Å². The fourth-order valence-electron chi connectivity index (χ4n) is 2.24. The van der Waals surface area contributed by atoms with Crippen LogP contribution in [0.25, 0.3) is 0 Å². The Hall–Kier alpha value is -2.32. The molecule has 0 unspecified atom stereocenters. The number of hydrogen-bond donors (Lipinski definition) is 2. The zero-order valence-electron chi connectivity index (χ0n) is 15.3. The second kappa shape index (κ2) is 13.0. The highest BCUT2D eigenvalue weighted by atomic mass is 16.5. The van der Waals surface area contributed by atoms with Crippen molar-refractivity contribution in [3.8, 4) is 6.07 Å².